The van der Waals surface area contributed by atoms with Crippen molar-refractivity contribution in [3.63, 3.8) is 0 Å². The van der Waals surface area contributed by atoms with Crippen LogP contribution in [0.4, 0.5) is 0 Å². The fourth-order valence-electron chi connectivity index (χ4n) is 2.46. The van der Waals surface area contributed by atoms with Crippen LogP contribution in [0.25, 0.3) is 0 Å². The van der Waals surface area contributed by atoms with E-state index >= 15 is 0 Å². The van der Waals surface area contributed by atoms with Gasteiger partial charge < -0.3 is 0 Å². The van der Waals surface area contributed by atoms with Crippen molar-refractivity contribution < 1.29 is 9.59 Å². The van der Waals surface area contributed by atoms with E-state index in [-0.39, 0.29) is 11.6 Å². The maximum Gasteiger partial charge on any atom is 0.178 e. The zero-order valence-corrected chi connectivity index (χ0v) is 23.4. The van der Waals surface area contributed by atoms with Gasteiger partial charge in [0.1, 0.15) is 0 Å². The largest absolute Gasteiger partial charge is 0.290 e. The molecule has 196 valence electrons. The summed E-state index contributed by atoms with van der Waals surface area (Å²) in [6.07, 6.45) is 34.5. The number of rotatable bonds is 0. The molecule has 0 spiro atoms. The number of carbonyl (C=O) groups is 2. The van der Waals surface area contributed by atoms with E-state index in [4.69, 9.17) is 0 Å². The molecule has 0 saturated heterocycles. The predicted octanol–water partition coefficient (Wildman–Crippen LogP) is 7.39. The van der Waals surface area contributed by atoms with E-state index in [9.17, 15) is 9.59 Å². The van der Waals surface area contributed by atoms with Crippen molar-refractivity contribution in [2.45, 2.75) is 27.7 Å². The molecule has 0 aromatic carbocycles. The third-order valence-electron chi connectivity index (χ3n) is 4.48. The second kappa shape index (κ2) is 21.5. The maximum absolute atomic E-state index is 11.9. The van der Waals surface area contributed by atoms with Crippen LogP contribution in [0.2, 0.25) is 0 Å². The van der Waals surface area contributed by atoms with Gasteiger partial charge in [-0.2, -0.15) is 0 Å². The van der Waals surface area contributed by atoms with Crippen LogP contribution in [0.1, 0.15) is 27.7 Å². The fraction of sp³-hybridized carbons (Fsp3) is 0.105. The Kier molecular flexibility index (Phi) is 17.5. The van der Waals surface area contributed by atoms with E-state index in [1.54, 1.807) is 48.6 Å². The molecule has 0 N–H and O–H groups in total. The van der Waals surface area contributed by atoms with Gasteiger partial charge in [0.15, 0.2) is 11.6 Å². The number of carbonyl (C=O) groups excluding carboxylic acids is 2. The summed E-state index contributed by atoms with van der Waals surface area (Å²) >= 11 is 0. The summed E-state index contributed by atoms with van der Waals surface area (Å²) in [5, 5.41) is 0. The third-order valence-corrected chi connectivity index (χ3v) is 4.48. The Morgan fingerprint density at radius 3 is 0.950 bits per heavy atom. The molecule has 0 aromatic rings. The Labute approximate surface area is 239 Å². The zero-order valence-electron chi connectivity index (χ0n) is 23.4. The molecular formula is C38H32O2. The molecule has 0 saturated carbocycles. The van der Waals surface area contributed by atoms with Crippen LogP contribution in [0, 0.1) is 47.4 Å². The van der Waals surface area contributed by atoms with Gasteiger partial charge in [-0.1, -0.05) is 121 Å². The zero-order chi connectivity index (χ0) is 29.3. The van der Waals surface area contributed by atoms with E-state index in [0.29, 0.717) is 0 Å². The predicted molar refractivity (Wildman–Crippen MR) is 169 cm³/mol. The van der Waals surface area contributed by atoms with Crippen LogP contribution in [0.3, 0.4) is 0 Å². The molecule has 0 aliphatic heterocycles. The monoisotopic (exact) mass is 520 g/mol. The molecule has 2 heteroatoms. The minimum absolute atomic E-state index is 0.130. The number of ketones is 2. The summed E-state index contributed by atoms with van der Waals surface area (Å²) in [5.74, 6) is 22.8. The van der Waals surface area contributed by atoms with Gasteiger partial charge in [-0.05, 0) is 98.0 Å². The molecule has 2 nitrogen and oxygen atoms in total. The first kappa shape index (κ1) is 32.5. The number of hydrogen-bond donors (Lipinski definition) is 0. The highest BCUT2D eigenvalue weighted by Crippen LogP contribution is 1.95. The van der Waals surface area contributed by atoms with Crippen LogP contribution in [0.5, 0.6) is 0 Å². The Hall–Kier alpha value is -5.54. The Morgan fingerprint density at radius 1 is 0.350 bits per heavy atom. The minimum atomic E-state index is -0.130. The molecule has 0 aromatic heterocycles. The molecule has 1 rings (SSSR count). The van der Waals surface area contributed by atoms with Crippen molar-refractivity contribution >= 4 is 11.6 Å². The van der Waals surface area contributed by atoms with Crippen molar-refractivity contribution in [1.29, 1.82) is 0 Å². The normalized spacial score (nSPS) is 27.0. The minimum Gasteiger partial charge on any atom is -0.290 e. The summed E-state index contributed by atoms with van der Waals surface area (Å²) in [5.41, 5.74) is 3.32. The lowest BCUT2D eigenvalue weighted by Gasteiger charge is -1.84. The van der Waals surface area contributed by atoms with E-state index in [1.807, 2.05) is 76.3 Å². The summed E-state index contributed by atoms with van der Waals surface area (Å²) in [6, 6.07) is 0. The molecule has 40 heavy (non-hydrogen) atoms. The van der Waals surface area contributed by atoms with Gasteiger partial charge in [0.2, 0.25) is 0 Å². The van der Waals surface area contributed by atoms with Gasteiger partial charge in [-0.15, -0.1) is 0 Å². The van der Waals surface area contributed by atoms with Crippen molar-refractivity contribution in [1.82, 2.24) is 0 Å². The fourth-order valence-corrected chi connectivity index (χ4v) is 2.46. The highest BCUT2D eigenvalue weighted by Gasteiger charge is 1.86. The molecule has 0 radical (unpaired) electrons. The average molecular weight is 521 g/mol. The summed E-state index contributed by atoms with van der Waals surface area (Å²) in [7, 11) is 0. The second-order valence-corrected chi connectivity index (χ2v) is 8.18. The number of hydrogen-bond acceptors (Lipinski definition) is 2. The van der Waals surface area contributed by atoms with Crippen molar-refractivity contribution in [3.8, 4) is 47.4 Å². The molecule has 0 unspecified atom stereocenters. The first-order valence-electron chi connectivity index (χ1n) is 12.6. The van der Waals surface area contributed by atoms with Crippen molar-refractivity contribution in [2.24, 2.45) is 0 Å². The Morgan fingerprint density at radius 2 is 0.600 bits per heavy atom. The van der Waals surface area contributed by atoms with Crippen LogP contribution >= 0.6 is 0 Å². The van der Waals surface area contributed by atoms with E-state index < -0.39 is 0 Å². The molecule has 1 aliphatic carbocycles. The standard InChI is InChI=1S/C38H32O2/c1-33-21-11-7-5-9-13-29-37(39)31-19-27-35(3)25-17-18-26-36(4)28-20-32-38(40)30-14-10-6-8-12-22-34(2)24-16-15-23-33/h5-14,19-22,27-32H,1-4H3/b9-5+,10-6+,11-7+,12-8+,29-13+,30-14+,31-19+,32-20+,33-21-,34-22-,35-27-,36-28-. The molecule has 0 heterocycles. The topological polar surface area (TPSA) is 34.1 Å². The van der Waals surface area contributed by atoms with Crippen LogP contribution in [-0.2, 0) is 9.59 Å². The van der Waals surface area contributed by atoms with Gasteiger partial charge in [-0.25, -0.2) is 0 Å². The highest BCUT2D eigenvalue weighted by molar-refractivity contribution is 6.00. The quantitative estimate of drug-likeness (QED) is 0.312. The molecule has 0 atom stereocenters. The smallest absolute Gasteiger partial charge is 0.178 e. The Balaban J connectivity index is 3.07. The van der Waals surface area contributed by atoms with Gasteiger partial charge >= 0.3 is 0 Å². The van der Waals surface area contributed by atoms with Crippen molar-refractivity contribution in [3.05, 3.63) is 144 Å². The molecule has 0 bridgehead atoms. The molecule has 1 aliphatic rings. The van der Waals surface area contributed by atoms with E-state index in [0.717, 1.165) is 22.3 Å². The number of allylic oxidation sites excluding steroid dienone is 24. The SMILES string of the molecule is C/C1=C/C=C/C=C/C=C/C(=O)/C=C/C=C(/C)C#CC#C/C(C)=C\C=C\C(=O)/C=C/C=C/C=C/C=C(/C)C#CC#C1. The summed E-state index contributed by atoms with van der Waals surface area (Å²) < 4.78 is 0. The van der Waals surface area contributed by atoms with Crippen LogP contribution < -0.4 is 0 Å². The van der Waals surface area contributed by atoms with Crippen LogP contribution in [0.15, 0.2) is 144 Å². The van der Waals surface area contributed by atoms with Gasteiger partial charge in [0.05, 0.1) is 0 Å². The molecular weight excluding hydrogens is 488 g/mol. The summed E-state index contributed by atoms with van der Waals surface area (Å²) in [4.78, 5) is 23.9. The van der Waals surface area contributed by atoms with Gasteiger partial charge in [0.25, 0.3) is 0 Å². The highest BCUT2D eigenvalue weighted by atomic mass is 16.1. The van der Waals surface area contributed by atoms with Gasteiger partial charge in [-0.3, -0.25) is 9.59 Å². The lowest BCUT2D eigenvalue weighted by molar-refractivity contribution is -0.111. The Bertz CT molecular complexity index is 1430. The van der Waals surface area contributed by atoms with Gasteiger partial charge in [0, 0.05) is 0 Å². The maximum atomic E-state index is 11.9. The third kappa shape index (κ3) is 19.6. The first-order valence-corrected chi connectivity index (χ1v) is 12.6. The lowest BCUT2D eigenvalue weighted by Crippen LogP contribution is -1.83. The molecule has 0 fully saturated rings. The average Bonchev–Trinajstić information content (AvgIpc) is 2.92. The van der Waals surface area contributed by atoms with E-state index in [1.165, 1.54) is 24.3 Å². The molecule has 0 amide bonds. The lowest BCUT2D eigenvalue weighted by atomic mass is 10.2. The van der Waals surface area contributed by atoms with E-state index in [2.05, 4.69) is 47.4 Å². The second-order valence-electron chi connectivity index (χ2n) is 8.18. The van der Waals surface area contributed by atoms with Crippen LogP contribution in [-0.4, -0.2) is 11.6 Å². The van der Waals surface area contributed by atoms with Crippen molar-refractivity contribution in [2.75, 3.05) is 0 Å². The first-order chi connectivity index (χ1) is 19.4. The summed E-state index contributed by atoms with van der Waals surface area (Å²) in [6.45, 7) is 7.50.